The molecule has 1 amide bonds. The summed E-state index contributed by atoms with van der Waals surface area (Å²) in [6.07, 6.45) is 4.30. The van der Waals surface area contributed by atoms with E-state index in [4.69, 9.17) is 4.74 Å². The second-order valence-corrected chi connectivity index (χ2v) is 7.95. The number of aryl methyl sites for hydroxylation is 2. The zero-order valence-corrected chi connectivity index (χ0v) is 16.3. The number of nitrogens with zero attached hydrogens (tertiary/aromatic N) is 4. The van der Waals surface area contributed by atoms with Crippen LogP contribution in [0.15, 0.2) is 18.5 Å². The van der Waals surface area contributed by atoms with Crippen molar-refractivity contribution in [2.45, 2.75) is 58.6 Å². The predicted octanol–water partition coefficient (Wildman–Crippen LogP) is 2.98. The van der Waals surface area contributed by atoms with E-state index in [9.17, 15) is 4.79 Å². The van der Waals surface area contributed by atoms with Gasteiger partial charge in [-0.3, -0.25) is 14.2 Å². The van der Waals surface area contributed by atoms with Crippen molar-refractivity contribution in [3.8, 4) is 0 Å². The lowest BCUT2D eigenvalue weighted by Crippen LogP contribution is -2.24. The number of hydrogen-bond acceptors (Lipinski definition) is 4. The van der Waals surface area contributed by atoms with Crippen molar-refractivity contribution in [2.24, 2.45) is 7.05 Å². The van der Waals surface area contributed by atoms with Crippen molar-refractivity contribution >= 4 is 11.6 Å². The Balaban J connectivity index is 2.03. The quantitative estimate of drug-likeness (QED) is 0.872. The van der Waals surface area contributed by atoms with Gasteiger partial charge in [-0.2, -0.15) is 10.2 Å². The lowest BCUT2D eigenvalue weighted by atomic mass is 9.92. The Morgan fingerprint density at radius 1 is 1.28 bits per heavy atom. The van der Waals surface area contributed by atoms with Crippen molar-refractivity contribution in [1.29, 1.82) is 0 Å². The lowest BCUT2D eigenvalue weighted by Gasteiger charge is -2.22. The Labute approximate surface area is 149 Å². The molecule has 7 nitrogen and oxygen atoms in total. The van der Waals surface area contributed by atoms with Crippen molar-refractivity contribution in [3.63, 3.8) is 0 Å². The normalized spacial score (nSPS) is 12.4. The molecule has 138 valence electrons. The van der Waals surface area contributed by atoms with E-state index in [2.05, 4.69) is 36.3 Å². The fourth-order valence-corrected chi connectivity index (χ4v) is 2.28. The third-order valence-corrected chi connectivity index (χ3v) is 4.27. The molecule has 2 rings (SSSR count). The third kappa shape index (κ3) is 4.92. The third-order valence-electron chi connectivity index (χ3n) is 4.27. The Morgan fingerprint density at radius 2 is 1.96 bits per heavy atom. The minimum absolute atomic E-state index is 0.102. The molecule has 1 N–H and O–H groups in total. The Morgan fingerprint density at radius 3 is 2.52 bits per heavy atom. The predicted molar refractivity (Wildman–Crippen MR) is 97.8 cm³/mol. The number of hydrogen-bond donors (Lipinski definition) is 1. The summed E-state index contributed by atoms with van der Waals surface area (Å²) in [5.41, 5.74) is 1.78. The monoisotopic (exact) mass is 347 g/mol. The zero-order valence-electron chi connectivity index (χ0n) is 16.3. The van der Waals surface area contributed by atoms with Gasteiger partial charge in [-0.1, -0.05) is 20.8 Å². The average Bonchev–Trinajstić information content (AvgIpc) is 3.11. The highest BCUT2D eigenvalue weighted by atomic mass is 16.5. The van der Waals surface area contributed by atoms with Crippen molar-refractivity contribution in [3.05, 3.63) is 29.8 Å². The average molecular weight is 347 g/mol. The maximum Gasteiger partial charge on any atom is 0.274 e. The van der Waals surface area contributed by atoms with E-state index in [1.165, 1.54) is 0 Å². The first kappa shape index (κ1) is 19.2. The molecule has 25 heavy (non-hydrogen) atoms. The van der Waals surface area contributed by atoms with Gasteiger partial charge in [0.1, 0.15) is 5.69 Å². The summed E-state index contributed by atoms with van der Waals surface area (Å²) in [7, 11) is 3.48. The van der Waals surface area contributed by atoms with Crippen LogP contribution in [0.25, 0.3) is 0 Å². The fraction of sp³-hybridized carbons (Fsp3) is 0.611. The van der Waals surface area contributed by atoms with Crippen LogP contribution >= 0.6 is 0 Å². The van der Waals surface area contributed by atoms with Crippen LogP contribution in [-0.4, -0.2) is 38.2 Å². The molecular formula is C18H29N5O2. The molecule has 0 fully saturated rings. The summed E-state index contributed by atoms with van der Waals surface area (Å²) in [6, 6.07) is 1.83. The summed E-state index contributed by atoms with van der Waals surface area (Å²) < 4.78 is 8.83. The Hall–Kier alpha value is -2.15. The molecule has 0 unspecified atom stereocenters. The van der Waals surface area contributed by atoms with Crippen LogP contribution < -0.4 is 5.32 Å². The SMILES string of the molecule is COC(C)(C)CCn1cc(NC(=O)c2cc(C(C)(C)C)nn2C)cn1. The van der Waals surface area contributed by atoms with Gasteiger partial charge in [0.15, 0.2) is 0 Å². The zero-order chi connectivity index (χ0) is 18.8. The lowest BCUT2D eigenvalue weighted by molar-refractivity contribution is 0.0113. The van der Waals surface area contributed by atoms with E-state index in [0.29, 0.717) is 11.4 Å². The minimum Gasteiger partial charge on any atom is -0.379 e. The summed E-state index contributed by atoms with van der Waals surface area (Å²) in [6.45, 7) is 11.0. The molecule has 0 aromatic carbocycles. The van der Waals surface area contributed by atoms with Crippen LogP contribution in [0.5, 0.6) is 0 Å². The molecule has 0 saturated heterocycles. The number of carbonyl (C=O) groups is 1. The first-order chi connectivity index (χ1) is 11.5. The van der Waals surface area contributed by atoms with Crippen molar-refractivity contribution in [1.82, 2.24) is 19.6 Å². The number of rotatable bonds is 6. The van der Waals surface area contributed by atoms with E-state index in [-0.39, 0.29) is 16.9 Å². The van der Waals surface area contributed by atoms with Crippen LogP contribution in [0.1, 0.15) is 57.2 Å². The van der Waals surface area contributed by atoms with Crippen LogP contribution in [0.4, 0.5) is 5.69 Å². The fourth-order valence-electron chi connectivity index (χ4n) is 2.28. The highest BCUT2D eigenvalue weighted by Crippen LogP contribution is 2.22. The number of anilines is 1. The first-order valence-electron chi connectivity index (χ1n) is 8.45. The van der Waals surface area contributed by atoms with Gasteiger partial charge in [-0.15, -0.1) is 0 Å². The van der Waals surface area contributed by atoms with Gasteiger partial charge in [0.25, 0.3) is 5.91 Å². The molecule has 0 aliphatic carbocycles. The number of nitrogens with one attached hydrogen (secondary N) is 1. The molecule has 0 aliphatic heterocycles. The standard InChI is InChI=1S/C18H29N5O2/c1-17(2,3)15-10-14(22(6)21-15)16(24)20-13-11-19-23(12-13)9-8-18(4,5)25-7/h10-12H,8-9H2,1-7H3,(H,20,24). The highest BCUT2D eigenvalue weighted by molar-refractivity contribution is 6.03. The summed E-state index contributed by atoms with van der Waals surface area (Å²) in [4.78, 5) is 12.5. The van der Waals surface area contributed by atoms with Crippen LogP contribution in [0, 0.1) is 0 Å². The number of ether oxygens (including phenoxy) is 1. The van der Waals surface area contributed by atoms with E-state index in [1.807, 2.05) is 26.1 Å². The summed E-state index contributed by atoms with van der Waals surface area (Å²) in [5.74, 6) is -0.192. The summed E-state index contributed by atoms with van der Waals surface area (Å²) >= 11 is 0. The second kappa shape index (κ2) is 7.00. The molecule has 0 spiro atoms. The highest BCUT2D eigenvalue weighted by Gasteiger charge is 2.22. The minimum atomic E-state index is -0.201. The van der Waals surface area contributed by atoms with E-state index in [1.54, 1.807) is 29.7 Å². The molecule has 0 aliphatic rings. The number of carbonyl (C=O) groups excluding carboxylic acids is 1. The van der Waals surface area contributed by atoms with Gasteiger partial charge < -0.3 is 10.1 Å². The van der Waals surface area contributed by atoms with E-state index in [0.717, 1.165) is 18.7 Å². The number of methoxy groups -OCH3 is 1. The van der Waals surface area contributed by atoms with Crippen molar-refractivity contribution < 1.29 is 9.53 Å². The van der Waals surface area contributed by atoms with Crippen LogP contribution in [0.2, 0.25) is 0 Å². The molecule has 0 saturated carbocycles. The smallest absolute Gasteiger partial charge is 0.274 e. The molecule has 0 atom stereocenters. The number of amides is 1. The Kier molecular flexibility index (Phi) is 5.37. The molecular weight excluding hydrogens is 318 g/mol. The van der Waals surface area contributed by atoms with Gasteiger partial charge >= 0.3 is 0 Å². The Bertz CT molecular complexity index is 737. The van der Waals surface area contributed by atoms with E-state index >= 15 is 0 Å². The molecule has 2 heterocycles. The largest absolute Gasteiger partial charge is 0.379 e. The van der Waals surface area contributed by atoms with Gasteiger partial charge in [0.05, 0.1) is 23.2 Å². The van der Waals surface area contributed by atoms with Crippen LogP contribution in [0.3, 0.4) is 0 Å². The van der Waals surface area contributed by atoms with Gasteiger partial charge in [-0.25, -0.2) is 0 Å². The van der Waals surface area contributed by atoms with Crippen molar-refractivity contribution in [2.75, 3.05) is 12.4 Å². The summed E-state index contributed by atoms with van der Waals surface area (Å²) in [5, 5.41) is 11.6. The van der Waals surface area contributed by atoms with Gasteiger partial charge in [0.2, 0.25) is 0 Å². The molecule has 7 heteroatoms. The molecule has 2 aromatic heterocycles. The maximum absolute atomic E-state index is 12.5. The topological polar surface area (TPSA) is 74.0 Å². The van der Waals surface area contributed by atoms with Gasteiger partial charge in [-0.05, 0) is 26.3 Å². The molecule has 2 aromatic rings. The maximum atomic E-state index is 12.5. The second-order valence-electron chi connectivity index (χ2n) is 7.95. The van der Waals surface area contributed by atoms with Crippen LogP contribution in [-0.2, 0) is 23.7 Å². The molecule has 0 bridgehead atoms. The number of aromatic nitrogens is 4. The molecule has 0 radical (unpaired) electrons. The van der Waals surface area contributed by atoms with E-state index < -0.39 is 0 Å². The first-order valence-corrected chi connectivity index (χ1v) is 8.45. The van der Waals surface area contributed by atoms with Gasteiger partial charge in [0, 0.05) is 32.3 Å².